The molecule has 0 atom stereocenters. The number of hydrogen-bond donors (Lipinski definition) is 6. The molecule has 0 spiro atoms. The lowest BCUT2D eigenvalue weighted by molar-refractivity contribution is 0.318. The SMILES string of the molecule is C1CCCCCCCCCCCCCCCCCCCCCCCCCCCCCCCCC1.CCO.CCO.CCO.CCO.CCO.CCO. The van der Waals surface area contributed by atoms with Crippen LogP contribution in [0.3, 0.4) is 0 Å². The second-order valence-corrected chi connectivity index (χ2v) is 13.9. The first-order valence-electron chi connectivity index (χ1n) is 23.1. The summed E-state index contributed by atoms with van der Waals surface area (Å²) in [4.78, 5) is 0. The van der Waals surface area contributed by atoms with E-state index < -0.39 is 0 Å². The van der Waals surface area contributed by atoms with E-state index in [-0.39, 0.29) is 39.6 Å². The van der Waals surface area contributed by atoms with Crippen LogP contribution in [0.2, 0.25) is 0 Å². The van der Waals surface area contributed by atoms with Gasteiger partial charge in [0, 0.05) is 39.6 Å². The summed E-state index contributed by atoms with van der Waals surface area (Å²) >= 11 is 0. The molecule has 0 radical (unpaired) electrons. The molecule has 6 N–H and O–H groups in total. The van der Waals surface area contributed by atoms with Gasteiger partial charge in [-0.25, -0.2) is 0 Å². The van der Waals surface area contributed by atoms with Crippen molar-refractivity contribution in [1.29, 1.82) is 0 Å². The van der Waals surface area contributed by atoms with E-state index in [1.54, 1.807) is 41.5 Å². The molecule has 1 rings (SSSR count). The van der Waals surface area contributed by atoms with E-state index in [0.717, 1.165) is 0 Å². The molecule has 0 aromatic heterocycles. The largest absolute Gasteiger partial charge is 0.397 e. The second kappa shape index (κ2) is 79.5. The Balaban J connectivity index is -0.000000245. The van der Waals surface area contributed by atoms with Crippen LogP contribution in [0.5, 0.6) is 0 Å². The molecule has 0 aromatic carbocycles. The molecule has 0 amide bonds. The maximum absolute atomic E-state index is 7.57. The molecule has 1 aliphatic rings. The fraction of sp³-hybridized carbons (Fsp3) is 1.00. The highest BCUT2D eigenvalue weighted by molar-refractivity contribution is 4.53. The summed E-state index contributed by atoms with van der Waals surface area (Å²) in [5, 5.41) is 45.4. The number of hydrogen-bond acceptors (Lipinski definition) is 6. The van der Waals surface area contributed by atoms with E-state index in [1.165, 1.54) is 218 Å². The minimum absolute atomic E-state index is 0.250. The smallest absolute Gasteiger partial charge is 0.0402 e. The van der Waals surface area contributed by atoms with Crippen LogP contribution < -0.4 is 0 Å². The third kappa shape index (κ3) is 104. The van der Waals surface area contributed by atoms with Crippen molar-refractivity contribution >= 4 is 0 Å². The molecular formula is C46H104O6. The van der Waals surface area contributed by atoms with Gasteiger partial charge in [0.2, 0.25) is 0 Å². The van der Waals surface area contributed by atoms with Gasteiger partial charge >= 0.3 is 0 Å². The van der Waals surface area contributed by atoms with Gasteiger partial charge in [0.1, 0.15) is 0 Å². The second-order valence-electron chi connectivity index (χ2n) is 13.9. The summed E-state index contributed by atoms with van der Waals surface area (Å²) in [5.41, 5.74) is 0. The highest BCUT2D eigenvalue weighted by Gasteiger charge is 1.98. The van der Waals surface area contributed by atoms with Crippen molar-refractivity contribution in [3.05, 3.63) is 0 Å². The third-order valence-corrected chi connectivity index (χ3v) is 8.50. The predicted octanol–water partition coefficient (Wildman–Crippen LogP) is 13.3. The Hall–Kier alpha value is -0.240. The lowest BCUT2D eigenvalue weighted by Crippen LogP contribution is -1.85. The van der Waals surface area contributed by atoms with Crippen LogP contribution in [-0.2, 0) is 0 Å². The Morgan fingerprint density at radius 3 is 0.192 bits per heavy atom. The molecule has 0 aromatic rings. The molecule has 1 saturated carbocycles. The first-order chi connectivity index (χ1) is 25.5. The molecule has 0 heterocycles. The Morgan fingerprint density at radius 2 is 0.173 bits per heavy atom. The van der Waals surface area contributed by atoms with Crippen LogP contribution in [0.4, 0.5) is 0 Å². The highest BCUT2D eigenvalue weighted by atomic mass is 16.3. The molecule has 0 saturated heterocycles. The lowest BCUT2D eigenvalue weighted by Gasteiger charge is -2.05. The van der Waals surface area contributed by atoms with Crippen molar-refractivity contribution in [2.45, 2.75) is 260 Å². The topological polar surface area (TPSA) is 121 Å². The van der Waals surface area contributed by atoms with Crippen LogP contribution in [0.15, 0.2) is 0 Å². The van der Waals surface area contributed by atoms with Crippen LogP contribution in [-0.4, -0.2) is 70.3 Å². The Morgan fingerprint density at radius 1 is 0.154 bits per heavy atom. The molecule has 0 aliphatic heterocycles. The fourth-order valence-electron chi connectivity index (χ4n) is 6.01. The minimum Gasteiger partial charge on any atom is -0.397 e. The zero-order valence-corrected chi connectivity index (χ0v) is 37.0. The maximum Gasteiger partial charge on any atom is 0.0402 e. The monoisotopic (exact) mass is 753 g/mol. The first-order valence-corrected chi connectivity index (χ1v) is 23.1. The van der Waals surface area contributed by atoms with Gasteiger partial charge in [-0.15, -0.1) is 0 Å². The Labute approximate surface area is 329 Å². The van der Waals surface area contributed by atoms with Crippen LogP contribution in [0.1, 0.15) is 260 Å². The zero-order valence-electron chi connectivity index (χ0n) is 37.0. The van der Waals surface area contributed by atoms with Crippen LogP contribution in [0, 0.1) is 0 Å². The molecule has 6 heteroatoms. The lowest BCUT2D eigenvalue weighted by atomic mass is 10.0. The molecule has 52 heavy (non-hydrogen) atoms. The number of aliphatic hydroxyl groups excluding tert-OH is 6. The van der Waals surface area contributed by atoms with Crippen molar-refractivity contribution in [1.82, 2.24) is 0 Å². The Bertz CT molecular complexity index is 264. The average Bonchev–Trinajstić information content (AvgIpc) is 3.11. The molecule has 0 bridgehead atoms. The van der Waals surface area contributed by atoms with Crippen LogP contribution >= 0.6 is 0 Å². The highest BCUT2D eigenvalue weighted by Crippen LogP contribution is 2.18. The standard InChI is InChI=1S/C34H68.6C2H6O/c1-2-4-6-8-10-12-14-16-18-20-22-24-26-28-30-32-34-33-31-29-27-25-23-21-19-17-15-13-11-9-7-5-3-1;6*1-2-3/h1-34H2;6*3H,2H2,1H3. The number of rotatable bonds is 0. The summed E-state index contributed by atoms with van der Waals surface area (Å²) < 4.78 is 0. The summed E-state index contributed by atoms with van der Waals surface area (Å²) in [6, 6.07) is 0. The molecule has 1 fully saturated rings. The minimum atomic E-state index is 0.250. The summed E-state index contributed by atoms with van der Waals surface area (Å²) in [5.74, 6) is 0. The van der Waals surface area contributed by atoms with E-state index in [1.807, 2.05) is 0 Å². The van der Waals surface area contributed by atoms with Gasteiger partial charge in [0.05, 0.1) is 0 Å². The van der Waals surface area contributed by atoms with E-state index in [2.05, 4.69) is 0 Å². The van der Waals surface area contributed by atoms with Crippen molar-refractivity contribution in [2.75, 3.05) is 39.6 Å². The van der Waals surface area contributed by atoms with Crippen molar-refractivity contribution in [3.8, 4) is 0 Å². The zero-order chi connectivity index (χ0) is 40.3. The maximum atomic E-state index is 7.57. The third-order valence-electron chi connectivity index (χ3n) is 8.50. The van der Waals surface area contributed by atoms with E-state index in [4.69, 9.17) is 30.6 Å². The van der Waals surface area contributed by atoms with Gasteiger partial charge in [0.15, 0.2) is 0 Å². The summed E-state index contributed by atoms with van der Waals surface area (Å²) in [7, 11) is 0. The predicted molar refractivity (Wildman–Crippen MR) is 234 cm³/mol. The fourth-order valence-corrected chi connectivity index (χ4v) is 6.01. The van der Waals surface area contributed by atoms with Gasteiger partial charge in [-0.05, 0) is 41.5 Å². The summed E-state index contributed by atoms with van der Waals surface area (Å²) in [6.45, 7) is 11.6. The van der Waals surface area contributed by atoms with E-state index in [9.17, 15) is 0 Å². The van der Waals surface area contributed by atoms with Gasteiger partial charge < -0.3 is 30.6 Å². The molecule has 324 valence electrons. The first kappa shape index (κ1) is 63.7. The van der Waals surface area contributed by atoms with Gasteiger partial charge in [0.25, 0.3) is 0 Å². The van der Waals surface area contributed by atoms with Gasteiger partial charge in [-0.1, -0.05) is 218 Å². The molecule has 0 unspecified atom stereocenters. The van der Waals surface area contributed by atoms with Gasteiger partial charge in [-0.2, -0.15) is 0 Å². The van der Waals surface area contributed by atoms with Crippen molar-refractivity contribution < 1.29 is 30.6 Å². The van der Waals surface area contributed by atoms with Crippen LogP contribution in [0.25, 0.3) is 0 Å². The molecule has 6 nitrogen and oxygen atoms in total. The normalized spacial score (nSPS) is 17.8. The average molecular weight is 753 g/mol. The Kier molecular flexibility index (Phi) is 97.4. The molecular weight excluding hydrogens is 649 g/mol. The van der Waals surface area contributed by atoms with Crippen molar-refractivity contribution in [3.63, 3.8) is 0 Å². The molecule has 1 aliphatic carbocycles. The summed E-state index contributed by atoms with van der Waals surface area (Å²) in [6.07, 6.45) is 51.0. The number of aliphatic hydroxyl groups is 6. The van der Waals surface area contributed by atoms with Crippen molar-refractivity contribution in [2.24, 2.45) is 0 Å². The van der Waals surface area contributed by atoms with E-state index in [0.29, 0.717) is 0 Å². The van der Waals surface area contributed by atoms with Gasteiger partial charge in [-0.3, -0.25) is 0 Å². The quantitative estimate of drug-likeness (QED) is 0.146. The van der Waals surface area contributed by atoms with E-state index >= 15 is 0 Å².